The molecule has 92 valence electrons. The van der Waals surface area contributed by atoms with Gasteiger partial charge in [0, 0.05) is 12.6 Å². The Hall–Kier alpha value is -2.77. The van der Waals surface area contributed by atoms with Crippen molar-refractivity contribution in [2.24, 2.45) is 0 Å². The Balaban J connectivity index is 2.48. The van der Waals surface area contributed by atoms with Crippen molar-refractivity contribution in [3.05, 3.63) is 30.1 Å². The smallest absolute Gasteiger partial charge is 0.337 e. The van der Waals surface area contributed by atoms with E-state index in [4.69, 9.17) is 5.11 Å². The molecule has 1 aromatic heterocycles. The number of tetrazole rings is 1. The topological polar surface area (TPSA) is 110 Å². The van der Waals surface area contributed by atoms with Crippen LogP contribution in [0.1, 0.15) is 17.3 Å². The van der Waals surface area contributed by atoms with Crippen LogP contribution < -0.4 is 5.32 Å². The molecule has 8 heteroatoms. The predicted octanol–water partition coefficient (Wildman–Crippen LogP) is 0.319. The van der Waals surface area contributed by atoms with E-state index in [-0.39, 0.29) is 11.5 Å². The van der Waals surface area contributed by atoms with Gasteiger partial charge in [0.1, 0.15) is 6.33 Å². The first kappa shape index (κ1) is 11.7. The lowest BCUT2D eigenvalue weighted by Gasteiger charge is -2.08. The number of benzene rings is 1. The normalized spacial score (nSPS) is 10.1. The Labute approximate surface area is 101 Å². The molecule has 8 nitrogen and oxygen atoms in total. The first-order valence-electron chi connectivity index (χ1n) is 4.96. The average molecular weight is 247 g/mol. The lowest BCUT2D eigenvalue weighted by molar-refractivity contribution is -0.114. The number of carbonyl (C=O) groups excluding carboxylic acids is 1. The molecule has 18 heavy (non-hydrogen) atoms. The summed E-state index contributed by atoms with van der Waals surface area (Å²) in [5.41, 5.74) is 0.715. The Morgan fingerprint density at radius 2 is 2.17 bits per heavy atom. The fourth-order valence-electron chi connectivity index (χ4n) is 1.46. The minimum atomic E-state index is -1.13. The van der Waals surface area contributed by atoms with Gasteiger partial charge >= 0.3 is 5.97 Å². The summed E-state index contributed by atoms with van der Waals surface area (Å²) in [6, 6.07) is 4.44. The van der Waals surface area contributed by atoms with E-state index in [0.717, 1.165) is 0 Å². The van der Waals surface area contributed by atoms with Crippen LogP contribution >= 0.6 is 0 Å². The second kappa shape index (κ2) is 4.62. The maximum absolute atomic E-state index is 11.2. The summed E-state index contributed by atoms with van der Waals surface area (Å²) < 4.78 is 1.24. The highest BCUT2D eigenvalue weighted by molar-refractivity contribution is 5.95. The van der Waals surface area contributed by atoms with Crippen molar-refractivity contribution in [3.8, 4) is 5.69 Å². The van der Waals surface area contributed by atoms with Gasteiger partial charge in [-0.05, 0) is 28.6 Å². The highest BCUT2D eigenvalue weighted by Gasteiger charge is 2.13. The lowest BCUT2D eigenvalue weighted by atomic mass is 10.1. The van der Waals surface area contributed by atoms with Gasteiger partial charge in [0.05, 0.1) is 11.3 Å². The van der Waals surface area contributed by atoms with Crippen molar-refractivity contribution in [2.45, 2.75) is 6.92 Å². The van der Waals surface area contributed by atoms with Crippen LogP contribution in [0.2, 0.25) is 0 Å². The van der Waals surface area contributed by atoms with E-state index in [9.17, 15) is 9.59 Å². The first-order chi connectivity index (χ1) is 8.58. The van der Waals surface area contributed by atoms with Crippen LogP contribution in [-0.2, 0) is 4.79 Å². The third-order valence-electron chi connectivity index (χ3n) is 2.14. The molecule has 0 saturated carbocycles. The molecule has 0 saturated heterocycles. The number of aromatic nitrogens is 4. The van der Waals surface area contributed by atoms with Crippen molar-refractivity contribution in [2.75, 3.05) is 5.32 Å². The predicted molar refractivity (Wildman–Crippen MR) is 60.4 cm³/mol. The van der Waals surface area contributed by atoms with Crippen molar-refractivity contribution in [1.29, 1.82) is 0 Å². The lowest BCUT2D eigenvalue weighted by Crippen LogP contribution is -2.10. The molecule has 2 aromatic rings. The van der Waals surface area contributed by atoms with E-state index in [1.165, 1.54) is 30.1 Å². The van der Waals surface area contributed by atoms with Gasteiger partial charge in [0.25, 0.3) is 0 Å². The summed E-state index contributed by atoms with van der Waals surface area (Å²) in [7, 11) is 0. The van der Waals surface area contributed by atoms with Crippen molar-refractivity contribution in [1.82, 2.24) is 20.2 Å². The number of amides is 1. The summed E-state index contributed by atoms with van der Waals surface area (Å²) in [5, 5.41) is 22.1. The quantitative estimate of drug-likeness (QED) is 0.808. The van der Waals surface area contributed by atoms with E-state index in [0.29, 0.717) is 11.4 Å². The van der Waals surface area contributed by atoms with Crippen LogP contribution in [0.25, 0.3) is 5.69 Å². The van der Waals surface area contributed by atoms with E-state index in [1.807, 2.05) is 0 Å². The largest absolute Gasteiger partial charge is 0.478 e. The minimum absolute atomic E-state index is 0.00597. The number of hydrogen-bond acceptors (Lipinski definition) is 5. The van der Waals surface area contributed by atoms with Gasteiger partial charge in [0.15, 0.2) is 0 Å². The number of nitrogens with zero attached hydrogens (tertiary/aromatic N) is 4. The number of carboxylic acids is 1. The molecule has 0 atom stereocenters. The monoisotopic (exact) mass is 247 g/mol. The second-order valence-electron chi connectivity index (χ2n) is 3.47. The molecule has 2 N–H and O–H groups in total. The minimum Gasteiger partial charge on any atom is -0.478 e. The summed E-state index contributed by atoms with van der Waals surface area (Å²) in [4.78, 5) is 22.1. The fourth-order valence-corrected chi connectivity index (χ4v) is 1.46. The number of rotatable bonds is 3. The van der Waals surface area contributed by atoms with Gasteiger partial charge in [-0.2, -0.15) is 4.68 Å². The third kappa shape index (κ3) is 2.32. The number of carboxylic acid groups (broad SMARTS) is 1. The number of nitrogens with one attached hydrogen (secondary N) is 1. The molecule has 0 aliphatic carbocycles. The summed E-state index contributed by atoms with van der Waals surface area (Å²) in [6.07, 6.45) is 1.29. The Kier molecular flexibility index (Phi) is 3.00. The zero-order chi connectivity index (χ0) is 13.1. The van der Waals surface area contributed by atoms with Crippen LogP contribution in [0.5, 0.6) is 0 Å². The van der Waals surface area contributed by atoms with E-state index < -0.39 is 5.97 Å². The van der Waals surface area contributed by atoms with Crippen LogP contribution in [0, 0.1) is 0 Å². The zero-order valence-electron chi connectivity index (χ0n) is 9.36. The molecule has 1 aromatic carbocycles. The fraction of sp³-hybridized carbons (Fsp3) is 0.100. The van der Waals surface area contributed by atoms with Gasteiger partial charge in [-0.25, -0.2) is 4.79 Å². The summed E-state index contributed by atoms with van der Waals surface area (Å²) in [5.74, 6) is -1.41. The van der Waals surface area contributed by atoms with Crippen molar-refractivity contribution >= 4 is 17.6 Å². The van der Waals surface area contributed by atoms with Crippen LogP contribution in [0.4, 0.5) is 5.69 Å². The van der Waals surface area contributed by atoms with E-state index in [2.05, 4.69) is 20.8 Å². The SMILES string of the molecule is CC(=O)Nc1ccc(-n2cnnn2)c(C(=O)O)c1. The van der Waals surface area contributed by atoms with Crippen LogP contribution in [0.3, 0.4) is 0 Å². The maximum atomic E-state index is 11.2. The second-order valence-corrected chi connectivity index (χ2v) is 3.47. The highest BCUT2D eigenvalue weighted by atomic mass is 16.4. The maximum Gasteiger partial charge on any atom is 0.337 e. The van der Waals surface area contributed by atoms with E-state index >= 15 is 0 Å². The number of carbonyl (C=O) groups is 2. The van der Waals surface area contributed by atoms with Crippen LogP contribution in [0.15, 0.2) is 24.5 Å². The summed E-state index contributed by atoms with van der Waals surface area (Å²) >= 11 is 0. The molecule has 0 aliphatic rings. The summed E-state index contributed by atoms with van der Waals surface area (Å²) in [6.45, 7) is 1.34. The molecule has 0 spiro atoms. The first-order valence-corrected chi connectivity index (χ1v) is 4.96. The van der Waals surface area contributed by atoms with Gasteiger partial charge in [-0.3, -0.25) is 4.79 Å². The number of hydrogen-bond donors (Lipinski definition) is 2. The average Bonchev–Trinajstić information content (AvgIpc) is 2.81. The Morgan fingerprint density at radius 1 is 1.39 bits per heavy atom. The zero-order valence-corrected chi connectivity index (χ0v) is 9.36. The van der Waals surface area contributed by atoms with Gasteiger partial charge in [-0.1, -0.05) is 0 Å². The molecule has 0 unspecified atom stereocenters. The van der Waals surface area contributed by atoms with Crippen molar-refractivity contribution in [3.63, 3.8) is 0 Å². The van der Waals surface area contributed by atoms with E-state index in [1.54, 1.807) is 6.07 Å². The number of anilines is 1. The van der Waals surface area contributed by atoms with Gasteiger partial charge in [-0.15, -0.1) is 5.10 Å². The molecule has 1 amide bonds. The van der Waals surface area contributed by atoms with Gasteiger partial charge in [0.2, 0.25) is 5.91 Å². The molecule has 1 heterocycles. The molecule has 2 rings (SSSR count). The molecular formula is C10H9N5O3. The van der Waals surface area contributed by atoms with Crippen molar-refractivity contribution < 1.29 is 14.7 Å². The molecular weight excluding hydrogens is 238 g/mol. The molecule has 0 bridgehead atoms. The standard InChI is InChI=1S/C10H9N5O3/c1-6(16)12-7-2-3-9(8(4-7)10(17)18)15-5-11-13-14-15/h2-5H,1H3,(H,12,16)(H,17,18). The Morgan fingerprint density at radius 3 is 2.72 bits per heavy atom. The molecule has 0 radical (unpaired) electrons. The molecule has 0 aliphatic heterocycles. The molecule has 0 fully saturated rings. The number of aromatic carboxylic acids is 1. The third-order valence-corrected chi connectivity index (χ3v) is 2.14. The van der Waals surface area contributed by atoms with Gasteiger partial charge < -0.3 is 10.4 Å². The highest BCUT2D eigenvalue weighted by Crippen LogP contribution is 2.18. The Bertz CT molecular complexity index is 594. The van der Waals surface area contributed by atoms with Crippen LogP contribution in [-0.4, -0.2) is 37.2 Å².